The molecule has 0 atom stereocenters. The second-order valence-corrected chi connectivity index (χ2v) is 6.85. The highest BCUT2D eigenvalue weighted by Gasteiger charge is 2.07. The number of hydrogen-bond donors (Lipinski definition) is 1. The highest BCUT2D eigenvalue weighted by Crippen LogP contribution is 2.33. The zero-order valence-corrected chi connectivity index (χ0v) is 17.3. The molecule has 0 aliphatic rings. The molecular weight excluding hydrogens is 394 g/mol. The van der Waals surface area contributed by atoms with Gasteiger partial charge in [-0.3, -0.25) is 9.98 Å². The second-order valence-electron chi connectivity index (χ2n) is 5.15. The lowest BCUT2D eigenvalue weighted by atomic mass is 10.1. The van der Waals surface area contributed by atoms with Crippen LogP contribution in [0.5, 0.6) is 0 Å². The van der Waals surface area contributed by atoms with Crippen molar-refractivity contribution in [3.05, 3.63) is 52.6 Å². The van der Waals surface area contributed by atoms with Crippen molar-refractivity contribution < 1.29 is 0 Å². The summed E-state index contributed by atoms with van der Waals surface area (Å²) in [6, 6.07) is 12.3. The van der Waals surface area contributed by atoms with Crippen molar-refractivity contribution in [1.82, 2.24) is 4.98 Å². The summed E-state index contributed by atoms with van der Waals surface area (Å²) in [5.74, 6) is 0. The standard InChI is InChI=1S/C18H16BrN3S.C2H6/c1-11-8-13-15(6-7-21-16(13)10-14(11)19)22-12-4-5-18(23-3)17(9-12)20-2;1-2/h4-10H,2H2,1,3H3,(H,21,22);1-2H3. The number of nitrogens with one attached hydrogen (secondary N) is 1. The van der Waals surface area contributed by atoms with Gasteiger partial charge in [-0.05, 0) is 61.9 Å². The van der Waals surface area contributed by atoms with E-state index >= 15 is 0 Å². The van der Waals surface area contributed by atoms with Gasteiger partial charge in [0.25, 0.3) is 0 Å². The van der Waals surface area contributed by atoms with E-state index in [9.17, 15) is 0 Å². The number of fused-ring (bicyclic) bond motifs is 1. The summed E-state index contributed by atoms with van der Waals surface area (Å²) in [6.45, 7) is 9.73. The number of rotatable bonds is 4. The zero-order chi connectivity index (χ0) is 18.4. The summed E-state index contributed by atoms with van der Waals surface area (Å²) in [5, 5.41) is 4.56. The van der Waals surface area contributed by atoms with Crippen LogP contribution in [0.25, 0.3) is 10.9 Å². The summed E-state index contributed by atoms with van der Waals surface area (Å²) < 4.78 is 1.07. The van der Waals surface area contributed by atoms with Gasteiger partial charge in [-0.2, -0.15) is 0 Å². The van der Waals surface area contributed by atoms with E-state index in [0.717, 1.165) is 37.3 Å². The maximum Gasteiger partial charge on any atom is 0.0778 e. The Hall–Kier alpha value is -1.85. The molecule has 5 heteroatoms. The molecule has 1 N–H and O–H groups in total. The SMILES string of the molecule is C=Nc1cc(Nc2ccnc3cc(Br)c(C)cc23)ccc1SC.CC. The number of halogens is 1. The maximum absolute atomic E-state index is 4.44. The molecule has 0 fully saturated rings. The summed E-state index contributed by atoms with van der Waals surface area (Å²) in [4.78, 5) is 9.66. The lowest BCUT2D eigenvalue weighted by Crippen LogP contribution is -1.93. The van der Waals surface area contributed by atoms with Crippen LogP contribution in [0, 0.1) is 6.92 Å². The first-order valence-corrected chi connectivity index (χ1v) is 10.1. The van der Waals surface area contributed by atoms with Crippen LogP contribution in [0.3, 0.4) is 0 Å². The highest BCUT2D eigenvalue weighted by molar-refractivity contribution is 9.10. The Balaban J connectivity index is 0.00000109. The van der Waals surface area contributed by atoms with Crippen molar-refractivity contribution in [2.45, 2.75) is 25.7 Å². The molecule has 0 bridgehead atoms. The molecule has 2 aromatic carbocycles. The van der Waals surface area contributed by atoms with Crippen LogP contribution in [-0.4, -0.2) is 18.0 Å². The van der Waals surface area contributed by atoms with E-state index in [4.69, 9.17) is 0 Å². The third-order valence-corrected chi connectivity index (χ3v) is 5.29. The highest BCUT2D eigenvalue weighted by atomic mass is 79.9. The van der Waals surface area contributed by atoms with Gasteiger partial charge in [0.1, 0.15) is 0 Å². The predicted octanol–water partition coefficient (Wildman–Crippen LogP) is 7.13. The maximum atomic E-state index is 4.44. The fourth-order valence-corrected chi connectivity index (χ4v) is 3.30. The molecule has 3 aromatic rings. The van der Waals surface area contributed by atoms with E-state index in [-0.39, 0.29) is 0 Å². The topological polar surface area (TPSA) is 37.3 Å². The van der Waals surface area contributed by atoms with Gasteiger partial charge in [0.15, 0.2) is 0 Å². The van der Waals surface area contributed by atoms with Crippen LogP contribution in [0.4, 0.5) is 17.1 Å². The third kappa shape index (κ3) is 4.41. The van der Waals surface area contributed by atoms with Crippen LogP contribution in [-0.2, 0) is 0 Å². The van der Waals surface area contributed by atoms with E-state index in [1.54, 1.807) is 11.8 Å². The predicted molar refractivity (Wildman–Crippen MR) is 116 cm³/mol. The minimum Gasteiger partial charge on any atom is -0.355 e. The summed E-state index contributed by atoms with van der Waals surface area (Å²) in [5.41, 5.74) is 5.03. The number of aliphatic imine (C=N–C) groups is 1. The molecule has 1 aromatic heterocycles. The molecule has 25 heavy (non-hydrogen) atoms. The number of hydrogen-bond acceptors (Lipinski definition) is 4. The number of nitrogens with zero attached hydrogens (tertiary/aromatic N) is 2. The van der Waals surface area contributed by atoms with Gasteiger partial charge < -0.3 is 5.32 Å². The number of pyridine rings is 1. The summed E-state index contributed by atoms with van der Waals surface area (Å²) in [7, 11) is 0. The number of aromatic nitrogens is 1. The minimum absolute atomic E-state index is 0.889. The third-order valence-electron chi connectivity index (χ3n) is 3.65. The van der Waals surface area contributed by atoms with E-state index in [0.29, 0.717) is 0 Å². The fraction of sp³-hybridized carbons (Fsp3) is 0.200. The fourth-order valence-electron chi connectivity index (χ4n) is 2.43. The zero-order valence-electron chi connectivity index (χ0n) is 14.9. The van der Waals surface area contributed by atoms with Gasteiger partial charge in [-0.15, -0.1) is 11.8 Å². The van der Waals surface area contributed by atoms with E-state index in [1.807, 2.05) is 44.5 Å². The number of anilines is 2. The first-order chi connectivity index (χ1) is 12.1. The molecule has 3 nitrogen and oxygen atoms in total. The molecule has 0 spiro atoms. The molecule has 0 aliphatic heterocycles. The van der Waals surface area contributed by atoms with Crippen LogP contribution in [0.15, 0.2) is 57.0 Å². The largest absolute Gasteiger partial charge is 0.355 e. The van der Waals surface area contributed by atoms with Crippen LogP contribution in [0.1, 0.15) is 19.4 Å². The average Bonchev–Trinajstić information content (AvgIpc) is 2.65. The Labute approximate surface area is 162 Å². The molecular formula is C20H22BrN3S. The van der Waals surface area contributed by atoms with Crippen molar-refractivity contribution in [3.63, 3.8) is 0 Å². The lowest BCUT2D eigenvalue weighted by molar-refractivity contribution is 1.36. The molecule has 3 rings (SSSR count). The molecule has 0 radical (unpaired) electrons. The van der Waals surface area contributed by atoms with Gasteiger partial charge in [0.05, 0.1) is 11.2 Å². The molecule has 0 saturated carbocycles. The monoisotopic (exact) mass is 415 g/mol. The number of thioether (sulfide) groups is 1. The Morgan fingerprint density at radius 3 is 2.60 bits per heavy atom. The average molecular weight is 416 g/mol. The van der Waals surface area contributed by atoms with Crippen molar-refractivity contribution in [3.8, 4) is 0 Å². The van der Waals surface area contributed by atoms with Gasteiger partial charge in [-0.25, -0.2) is 0 Å². The van der Waals surface area contributed by atoms with Crippen LogP contribution >= 0.6 is 27.7 Å². The van der Waals surface area contributed by atoms with E-state index in [2.05, 4.69) is 63.1 Å². The first-order valence-electron chi connectivity index (χ1n) is 8.09. The van der Waals surface area contributed by atoms with E-state index in [1.165, 1.54) is 5.56 Å². The minimum atomic E-state index is 0.889. The Kier molecular flexibility index (Phi) is 7.02. The van der Waals surface area contributed by atoms with Gasteiger partial charge in [0.2, 0.25) is 0 Å². The quantitative estimate of drug-likeness (QED) is 0.363. The second kappa shape index (κ2) is 9.02. The Morgan fingerprint density at radius 1 is 1.16 bits per heavy atom. The van der Waals surface area contributed by atoms with Gasteiger partial charge >= 0.3 is 0 Å². The molecule has 0 unspecified atom stereocenters. The van der Waals surface area contributed by atoms with Gasteiger partial charge in [-0.1, -0.05) is 29.8 Å². The van der Waals surface area contributed by atoms with Crippen molar-refractivity contribution in [1.29, 1.82) is 0 Å². The normalized spacial score (nSPS) is 10.1. The van der Waals surface area contributed by atoms with Crippen molar-refractivity contribution in [2.75, 3.05) is 11.6 Å². The van der Waals surface area contributed by atoms with Crippen molar-refractivity contribution in [2.24, 2.45) is 4.99 Å². The molecule has 0 saturated heterocycles. The molecule has 1 heterocycles. The smallest absolute Gasteiger partial charge is 0.0778 e. The number of benzene rings is 2. The van der Waals surface area contributed by atoms with Gasteiger partial charge in [0, 0.05) is 32.3 Å². The summed E-state index contributed by atoms with van der Waals surface area (Å²) in [6.07, 6.45) is 3.85. The van der Waals surface area contributed by atoms with Crippen LogP contribution in [0.2, 0.25) is 0 Å². The van der Waals surface area contributed by atoms with Crippen molar-refractivity contribution >= 4 is 62.4 Å². The molecule has 0 amide bonds. The first kappa shape index (κ1) is 19.5. The Bertz CT molecular complexity index is 893. The molecule has 130 valence electrons. The Morgan fingerprint density at radius 2 is 1.92 bits per heavy atom. The molecule has 0 aliphatic carbocycles. The van der Waals surface area contributed by atoms with Crippen LogP contribution < -0.4 is 5.32 Å². The lowest BCUT2D eigenvalue weighted by Gasteiger charge is -2.12. The van der Waals surface area contributed by atoms with E-state index < -0.39 is 0 Å². The number of aryl methyl sites for hydroxylation is 1. The summed E-state index contributed by atoms with van der Waals surface area (Å²) >= 11 is 5.22.